The number of piperidine rings is 1. The van der Waals surface area contributed by atoms with E-state index in [1.54, 1.807) is 0 Å². The summed E-state index contributed by atoms with van der Waals surface area (Å²) in [5.41, 5.74) is 3.82. The van der Waals surface area contributed by atoms with Crippen molar-refractivity contribution in [3.05, 3.63) is 28.3 Å². The van der Waals surface area contributed by atoms with Gasteiger partial charge in [-0.1, -0.05) is 0 Å². The lowest BCUT2D eigenvalue weighted by Gasteiger charge is -2.23. The summed E-state index contributed by atoms with van der Waals surface area (Å²) in [5.74, 6) is 0. The van der Waals surface area contributed by atoms with Gasteiger partial charge in [-0.2, -0.15) is 9.41 Å². The number of rotatable bonds is 5. The number of hydrogen-bond acceptors (Lipinski definition) is 7. The lowest BCUT2D eigenvalue weighted by molar-refractivity contribution is -0.385. The van der Waals surface area contributed by atoms with Crippen LogP contribution in [0.1, 0.15) is 25.7 Å². The molecule has 1 N–H and O–H groups in total. The molecular formula is C16H23N5O4S. The van der Waals surface area contributed by atoms with E-state index >= 15 is 0 Å². The number of hydrazone groups is 1. The van der Waals surface area contributed by atoms with Crippen LogP contribution in [0.25, 0.3) is 0 Å². The lowest BCUT2D eigenvalue weighted by atomic mass is 10.1. The van der Waals surface area contributed by atoms with Crippen LogP contribution in [0, 0.1) is 10.1 Å². The summed E-state index contributed by atoms with van der Waals surface area (Å²) >= 11 is 0. The van der Waals surface area contributed by atoms with Crippen LogP contribution < -0.4 is 5.43 Å². The molecule has 2 aliphatic rings. The molecule has 9 nitrogen and oxygen atoms in total. The predicted octanol–water partition coefficient (Wildman–Crippen LogP) is 1.87. The largest absolute Gasteiger partial charge is 0.306 e. The molecule has 0 saturated carbocycles. The van der Waals surface area contributed by atoms with E-state index in [4.69, 9.17) is 0 Å². The Kier molecular flexibility index (Phi) is 5.54. The first-order chi connectivity index (χ1) is 12.4. The second-order valence-electron chi connectivity index (χ2n) is 6.64. The monoisotopic (exact) mass is 381 g/mol. The van der Waals surface area contributed by atoms with Crippen LogP contribution in [-0.4, -0.2) is 61.5 Å². The van der Waals surface area contributed by atoms with Crippen molar-refractivity contribution in [2.24, 2.45) is 5.10 Å². The second kappa shape index (κ2) is 7.68. The van der Waals surface area contributed by atoms with Gasteiger partial charge in [0.1, 0.15) is 4.90 Å². The third-order valence-corrected chi connectivity index (χ3v) is 6.70. The molecule has 2 aliphatic heterocycles. The highest BCUT2D eigenvalue weighted by Crippen LogP contribution is 2.30. The smallest absolute Gasteiger partial charge is 0.270 e. The number of anilines is 1. The highest BCUT2D eigenvalue weighted by atomic mass is 32.2. The van der Waals surface area contributed by atoms with Crippen LogP contribution in [0.2, 0.25) is 0 Å². The molecule has 2 fully saturated rings. The SMILES string of the molecule is CN1CCC(=NNc2ccc([N+](=O)[O-])cc2S(=O)(=O)N2CCCC2)CC1. The highest BCUT2D eigenvalue weighted by molar-refractivity contribution is 7.89. The molecule has 2 heterocycles. The minimum absolute atomic E-state index is 0.0918. The van der Waals surface area contributed by atoms with Crippen LogP contribution in [0.15, 0.2) is 28.2 Å². The quantitative estimate of drug-likeness (QED) is 0.616. The first-order valence-corrected chi connectivity index (χ1v) is 10.1. The van der Waals surface area contributed by atoms with Crippen molar-refractivity contribution in [1.29, 1.82) is 0 Å². The molecule has 2 saturated heterocycles. The Labute approximate surface area is 152 Å². The molecule has 142 valence electrons. The molecular weight excluding hydrogens is 358 g/mol. The number of sulfonamides is 1. The van der Waals surface area contributed by atoms with Crippen molar-refractivity contribution in [3.8, 4) is 0 Å². The minimum Gasteiger partial charge on any atom is -0.306 e. The Morgan fingerprint density at radius 3 is 2.42 bits per heavy atom. The Hall–Kier alpha value is -2.04. The third kappa shape index (κ3) is 4.02. The van der Waals surface area contributed by atoms with E-state index in [0.717, 1.165) is 50.6 Å². The molecule has 0 spiro atoms. The number of benzene rings is 1. The van der Waals surface area contributed by atoms with E-state index in [-0.39, 0.29) is 16.3 Å². The van der Waals surface area contributed by atoms with Crippen molar-refractivity contribution in [2.75, 3.05) is 38.7 Å². The summed E-state index contributed by atoms with van der Waals surface area (Å²) in [7, 11) is -1.76. The lowest BCUT2D eigenvalue weighted by Crippen LogP contribution is -2.31. The minimum atomic E-state index is -3.80. The molecule has 1 aromatic rings. The van der Waals surface area contributed by atoms with Crippen LogP contribution in [0.4, 0.5) is 11.4 Å². The van der Waals surface area contributed by atoms with Gasteiger partial charge >= 0.3 is 0 Å². The van der Waals surface area contributed by atoms with Gasteiger partial charge in [0.15, 0.2) is 0 Å². The number of hydrogen-bond donors (Lipinski definition) is 1. The Morgan fingerprint density at radius 1 is 1.15 bits per heavy atom. The summed E-state index contributed by atoms with van der Waals surface area (Å²) in [6, 6.07) is 3.82. The maximum absolute atomic E-state index is 12.9. The fourth-order valence-electron chi connectivity index (χ4n) is 3.13. The molecule has 0 atom stereocenters. The molecule has 0 radical (unpaired) electrons. The van der Waals surface area contributed by atoms with Crippen molar-refractivity contribution in [3.63, 3.8) is 0 Å². The number of nitrogens with one attached hydrogen (secondary N) is 1. The summed E-state index contributed by atoms with van der Waals surface area (Å²) in [6.45, 7) is 2.68. The molecule has 0 aliphatic carbocycles. The maximum atomic E-state index is 12.9. The van der Waals surface area contributed by atoms with Crippen LogP contribution >= 0.6 is 0 Å². The summed E-state index contributed by atoms with van der Waals surface area (Å²) < 4.78 is 27.2. The molecule has 0 aromatic heterocycles. The maximum Gasteiger partial charge on any atom is 0.270 e. The summed E-state index contributed by atoms with van der Waals surface area (Å²) in [4.78, 5) is 12.6. The van der Waals surface area contributed by atoms with E-state index in [2.05, 4.69) is 15.4 Å². The first kappa shape index (κ1) is 18.7. The molecule has 1 aromatic carbocycles. The topological polar surface area (TPSA) is 108 Å². The summed E-state index contributed by atoms with van der Waals surface area (Å²) in [5, 5.41) is 15.4. The zero-order valence-corrected chi connectivity index (χ0v) is 15.5. The zero-order chi connectivity index (χ0) is 18.7. The fraction of sp³-hybridized carbons (Fsp3) is 0.562. The number of likely N-dealkylation sites (tertiary alicyclic amines) is 1. The van der Waals surface area contributed by atoms with Gasteiger partial charge in [-0.25, -0.2) is 8.42 Å². The van der Waals surface area contributed by atoms with Crippen molar-refractivity contribution in [1.82, 2.24) is 9.21 Å². The van der Waals surface area contributed by atoms with E-state index in [1.165, 1.54) is 16.4 Å². The van der Waals surface area contributed by atoms with E-state index in [9.17, 15) is 18.5 Å². The van der Waals surface area contributed by atoms with E-state index in [1.807, 2.05) is 7.05 Å². The Morgan fingerprint density at radius 2 is 1.81 bits per heavy atom. The molecule has 3 rings (SSSR count). The van der Waals surface area contributed by atoms with Gasteiger partial charge in [0, 0.05) is 56.9 Å². The fourth-order valence-corrected chi connectivity index (χ4v) is 4.80. The van der Waals surface area contributed by atoms with Crippen LogP contribution in [-0.2, 0) is 10.0 Å². The summed E-state index contributed by atoms with van der Waals surface area (Å²) in [6.07, 6.45) is 3.22. The average molecular weight is 381 g/mol. The predicted molar refractivity (Wildman–Crippen MR) is 98.9 cm³/mol. The van der Waals surface area contributed by atoms with Crippen LogP contribution in [0.3, 0.4) is 0 Å². The third-order valence-electron chi connectivity index (χ3n) is 4.76. The van der Waals surface area contributed by atoms with Gasteiger partial charge in [-0.05, 0) is 26.0 Å². The van der Waals surface area contributed by atoms with Gasteiger partial charge in [0.2, 0.25) is 10.0 Å². The molecule has 26 heavy (non-hydrogen) atoms. The molecule has 0 amide bonds. The van der Waals surface area contributed by atoms with Gasteiger partial charge in [-0.3, -0.25) is 15.5 Å². The highest BCUT2D eigenvalue weighted by Gasteiger charge is 2.31. The first-order valence-electron chi connectivity index (χ1n) is 8.66. The van der Waals surface area contributed by atoms with Gasteiger partial charge in [0.05, 0.1) is 10.6 Å². The van der Waals surface area contributed by atoms with Crippen molar-refractivity contribution < 1.29 is 13.3 Å². The number of non-ortho nitro benzene ring substituents is 1. The van der Waals surface area contributed by atoms with Crippen molar-refractivity contribution in [2.45, 2.75) is 30.6 Å². The van der Waals surface area contributed by atoms with E-state index < -0.39 is 14.9 Å². The Balaban J connectivity index is 1.91. The zero-order valence-electron chi connectivity index (χ0n) is 14.7. The van der Waals surface area contributed by atoms with Gasteiger partial charge in [-0.15, -0.1) is 0 Å². The van der Waals surface area contributed by atoms with Crippen LogP contribution in [0.5, 0.6) is 0 Å². The van der Waals surface area contributed by atoms with E-state index in [0.29, 0.717) is 13.1 Å². The van der Waals surface area contributed by atoms with Crippen molar-refractivity contribution >= 4 is 27.1 Å². The van der Waals surface area contributed by atoms with Gasteiger partial charge < -0.3 is 4.90 Å². The normalized spacial score (nSPS) is 19.5. The Bertz CT molecular complexity index is 808. The molecule has 0 bridgehead atoms. The average Bonchev–Trinajstić information content (AvgIpc) is 3.16. The molecule has 10 heteroatoms. The number of nitro groups is 1. The number of nitrogens with zero attached hydrogens (tertiary/aromatic N) is 4. The second-order valence-corrected chi connectivity index (χ2v) is 8.55. The number of nitro benzene ring substituents is 1. The molecule has 0 unspecified atom stereocenters. The van der Waals surface area contributed by atoms with Gasteiger partial charge in [0.25, 0.3) is 5.69 Å². The standard InChI is InChI=1S/C16H23N5O4S/c1-19-10-6-13(7-11-19)17-18-15-5-4-14(21(22)23)12-16(15)26(24,25)20-8-2-3-9-20/h4-5,12,18H,2-3,6-11H2,1H3.